The molecule has 1 aromatic heterocycles. The molecule has 2 N–H and O–H groups in total. The molecule has 15 heavy (non-hydrogen) atoms. The number of halogens is 3. The topological polar surface area (TPSA) is 57.8 Å². The van der Waals surface area contributed by atoms with Crippen molar-refractivity contribution in [2.24, 2.45) is 0 Å². The van der Waals surface area contributed by atoms with Crippen LogP contribution >= 0.6 is 0 Å². The van der Waals surface area contributed by atoms with Crippen molar-refractivity contribution in [2.75, 3.05) is 6.54 Å². The molecule has 82 valence electrons. The van der Waals surface area contributed by atoms with Crippen LogP contribution in [0.3, 0.4) is 0 Å². The van der Waals surface area contributed by atoms with Crippen LogP contribution in [0.5, 0.6) is 0 Å². The Hall–Kier alpha value is -1.53. The number of amides is 1. The molecule has 0 spiro atoms. The lowest BCUT2D eigenvalue weighted by Crippen LogP contribution is -2.15. The highest BCUT2D eigenvalue weighted by Crippen LogP contribution is 2.35. The number of H-pyrrole nitrogens is 1. The van der Waals surface area contributed by atoms with Crippen molar-refractivity contribution < 1.29 is 18.0 Å². The lowest BCUT2D eigenvalue weighted by atomic mass is 9.99. The fraction of sp³-hybridized carbons (Fsp3) is 0.500. The molecule has 1 amide bonds. The van der Waals surface area contributed by atoms with E-state index in [0.29, 0.717) is 0 Å². The summed E-state index contributed by atoms with van der Waals surface area (Å²) >= 11 is 0. The molecule has 1 aliphatic rings. The monoisotopic (exact) mass is 219 g/mol. The van der Waals surface area contributed by atoms with Gasteiger partial charge in [-0.3, -0.25) is 9.89 Å². The third-order valence-electron chi connectivity index (χ3n) is 2.37. The van der Waals surface area contributed by atoms with E-state index < -0.39 is 17.8 Å². The minimum atomic E-state index is -4.45. The zero-order chi connectivity index (χ0) is 11.1. The highest BCUT2D eigenvalue weighted by atomic mass is 19.4. The van der Waals surface area contributed by atoms with E-state index in [2.05, 4.69) is 10.4 Å². The minimum Gasteiger partial charge on any atom is -0.355 e. The predicted molar refractivity (Wildman–Crippen MR) is 44.0 cm³/mol. The van der Waals surface area contributed by atoms with Crippen LogP contribution in [0.4, 0.5) is 13.2 Å². The summed E-state index contributed by atoms with van der Waals surface area (Å²) in [5.41, 5.74) is -0.801. The maximum absolute atomic E-state index is 12.5. The Balaban J connectivity index is 2.29. The van der Waals surface area contributed by atoms with Gasteiger partial charge in [0.2, 0.25) is 5.91 Å². The second kappa shape index (κ2) is 3.25. The first-order valence-electron chi connectivity index (χ1n) is 4.35. The van der Waals surface area contributed by atoms with Crippen molar-refractivity contribution in [1.82, 2.24) is 15.5 Å². The summed E-state index contributed by atoms with van der Waals surface area (Å²) in [6.07, 6.45) is -3.23. The molecular formula is C8H8F3N3O. The van der Waals surface area contributed by atoms with Crippen LogP contribution < -0.4 is 5.32 Å². The first kappa shape index (κ1) is 10.0. The van der Waals surface area contributed by atoms with Crippen LogP contribution in [-0.4, -0.2) is 22.6 Å². The van der Waals surface area contributed by atoms with E-state index in [0.717, 1.165) is 6.20 Å². The Kier molecular flexibility index (Phi) is 2.17. The minimum absolute atomic E-state index is 0.0563. The second-order valence-corrected chi connectivity index (χ2v) is 3.40. The average Bonchev–Trinajstić information content (AvgIpc) is 2.68. The third kappa shape index (κ3) is 1.81. The maximum atomic E-state index is 12.5. The largest absolute Gasteiger partial charge is 0.433 e. The summed E-state index contributed by atoms with van der Waals surface area (Å²) in [6, 6.07) is 0. The van der Waals surface area contributed by atoms with Gasteiger partial charge in [0, 0.05) is 24.4 Å². The molecule has 0 aliphatic carbocycles. The molecule has 7 heteroatoms. The molecular weight excluding hydrogens is 211 g/mol. The molecule has 0 bridgehead atoms. The van der Waals surface area contributed by atoms with Gasteiger partial charge >= 0.3 is 6.18 Å². The van der Waals surface area contributed by atoms with Gasteiger partial charge < -0.3 is 5.32 Å². The summed E-state index contributed by atoms with van der Waals surface area (Å²) in [7, 11) is 0. The van der Waals surface area contributed by atoms with E-state index in [1.54, 1.807) is 0 Å². The van der Waals surface area contributed by atoms with Crippen LogP contribution in [0.15, 0.2) is 6.20 Å². The maximum Gasteiger partial charge on any atom is 0.433 e. The molecule has 2 rings (SSSR count). The number of carbonyl (C=O) groups excluding carboxylic acids is 1. The molecule has 0 radical (unpaired) electrons. The van der Waals surface area contributed by atoms with Gasteiger partial charge in [-0.25, -0.2) is 0 Å². The van der Waals surface area contributed by atoms with E-state index in [1.165, 1.54) is 0 Å². The number of aromatic amines is 1. The van der Waals surface area contributed by atoms with Crippen LogP contribution in [0.1, 0.15) is 23.6 Å². The Labute approximate surface area is 82.9 Å². The molecule has 2 heterocycles. The molecule has 1 aliphatic heterocycles. The Morgan fingerprint density at radius 1 is 1.47 bits per heavy atom. The molecule has 1 atom stereocenters. The zero-order valence-corrected chi connectivity index (χ0v) is 7.56. The SMILES string of the molecule is O=C1CC(c2cn[nH]c2C(F)(F)F)CN1. The average molecular weight is 219 g/mol. The number of hydrogen-bond acceptors (Lipinski definition) is 2. The Morgan fingerprint density at radius 2 is 2.20 bits per heavy atom. The van der Waals surface area contributed by atoms with E-state index in [4.69, 9.17) is 0 Å². The van der Waals surface area contributed by atoms with Crippen LogP contribution in [0, 0.1) is 0 Å². The van der Waals surface area contributed by atoms with Gasteiger partial charge in [0.05, 0.1) is 6.20 Å². The number of rotatable bonds is 1. The van der Waals surface area contributed by atoms with Gasteiger partial charge in [0.15, 0.2) is 0 Å². The standard InChI is InChI=1S/C8H8F3N3O/c9-8(10,11)7-5(3-13-14-7)4-1-6(15)12-2-4/h3-4H,1-2H2,(H,12,15)(H,13,14). The first-order chi connectivity index (χ1) is 6.98. The molecule has 1 aromatic rings. The van der Waals surface area contributed by atoms with Crippen molar-refractivity contribution in [2.45, 2.75) is 18.5 Å². The van der Waals surface area contributed by atoms with Gasteiger partial charge in [-0.05, 0) is 0 Å². The van der Waals surface area contributed by atoms with Gasteiger partial charge in [0.25, 0.3) is 0 Å². The van der Waals surface area contributed by atoms with Crippen LogP contribution in [-0.2, 0) is 11.0 Å². The van der Waals surface area contributed by atoms with E-state index in [1.807, 2.05) is 5.10 Å². The lowest BCUT2D eigenvalue weighted by Gasteiger charge is -2.10. The summed E-state index contributed by atoms with van der Waals surface area (Å²) in [4.78, 5) is 10.9. The van der Waals surface area contributed by atoms with E-state index in [-0.39, 0.29) is 24.4 Å². The van der Waals surface area contributed by atoms with Gasteiger partial charge in [-0.1, -0.05) is 0 Å². The van der Waals surface area contributed by atoms with Gasteiger partial charge in [-0.15, -0.1) is 0 Å². The molecule has 0 aromatic carbocycles. The van der Waals surface area contributed by atoms with E-state index in [9.17, 15) is 18.0 Å². The molecule has 4 nitrogen and oxygen atoms in total. The molecule has 1 fully saturated rings. The van der Waals surface area contributed by atoms with Crippen molar-refractivity contribution in [3.63, 3.8) is 0 Å². The summed E-state index contributed by atoms with van der Waals surface area (Å²) in [5, 5.41) is 7.79. The van der Waals surface area contributed by atoms with Crippen LogP contribution in [0.25, 0.3) is 0 Å². The smallest absolute Gasteiger partial charge is 0.355 e. The molecule has 1 unspecified atom stereocenters. The highest BCUT2D eigenvalue weighted by Gasteiger charge is 2.39. The summed E-state index contributed by atoms with van der Waals surface area (Å²) in [5.74, 6) is -0.665. The Bertz CT molecular complexity index is 385. The predicted octanol–water partition coefficient (Wildman–Crippen LogP) is 1.03. The fourth-order valence-corrected chi connectivity index (χ4v) is 1.66. The van der Waals surface area contributed by atoms with Crippen molar-refractivity contribution in [3.05, 3.63) is 17.5 Å². The lowest BCUT2D eigenvalue weighted by molar-refractivity contribution is -0.142. The fourth-order valence-electron chi connectivity index (χ4n) is 1.66. The van der Waals surface area contributed by atoms with E-state index >= 15 is 0 Å². The van der Waals surface area contributed by atoms with Crippen molar-refractivity contribution >= 4 is 5.91 Å². The van der Waals surface area contributed by atoms with Crippen LogP contribution in [0.2, 0.25) is 0 Å². The number of hydrogen-bond donors (Lipinski definition) is 2. The van der Waals surface area contributed by atoms with Gasteiger partial charge in [-0.2, -0.15) is 18.3 Å². The number of alkyl halides is 3. The van der Waals surface area contributed by atoms with Gasteiger partial charge in [0.1, 0.15) is 5.69 Å². The number of nitrogens with one attached hydrogen (secondary N) is 2. The molecule has 1 saturated heterocycles. The number of carbonyl (C=O) groups is 1. The van der Waals surface area contributed by atoms with Crippen molar-refractivity contribution in [1.29, 1.82) is 0 Å². The summed E-state index contributed by atoms with van der Waals surface area (Å²) in [6.45, 7) is 0.238. The highest BCUT2D eigenvalue weighted by molar-refractivity contribution is 5.79. The second-order valence-electron chi connectivity index (χ2n) is 3.40. The normalized spacial score (nSPS) is 21.8. The molecule has 0 saturated carbocycles. The Morgan fingerprint density at radius 3 is 2.73 bits per heavy atom. The number of aromatic nitrogens is 2. The number of nitrogens with zero attached hydrogens (tertiary/aromatic N) is 1. The third-order valence-corrected chi connectivity index (χ3v) is 2.37. The summed E-state index contributed by atoms with van der Waals surface area (Å²) < 4.78 is 37.4. The quantitative estimate of drug-likeness (QED) is 0.741. The van der Waals surface area contributed by atoms with Crippen molar-refractivity contribution in [3.8, 4) is 0 Å². The zero-order valence-electron chi connectivity index (χ0n) is 7.56. The first-order valence-corrected chi connectivity index (χ1v) is 4.35.